The molecular weight excluding hydrogens is 268 g/mol. The summed E-state index contributed by atoms with van der Waals surface area (Å²) < 4.78 is 5.00. The number of aliphatic carboxylic acids is 1. The van der Waals surface area contributed by atoms with Gasteiger partial charge in [0.2, 0.25) is 0 Å². The van der Waals surface area contributed by atoms with Crippen LogP contribution < -0.4 is 0 Å². The Labute approximate surface area is 115 Å². The van der Waals surface area contributed by atoms with E-state index in [-0.39, 0.29) is 18.4 Å². The Bertz CT molecular complexity index is 480. The van der Waals surface area contributed by atoms with Crippen molar-refractivity contribution in [2.24, 2.45) is 0 Å². The van der Waals surface area contributed by atoms with Crippen molar-refractivity contribution in [1.29, 1.82) is 0 Å². The van der Waals surface area contributed by atoms with E-state index < -0.39 is 5.97 Å². The number of carbonyl (C=O) groups excluding carboxylic acids is 1. The number of carbonyl (C=O) groups is 2. The lowest BCUT2D eigenvalue weighted by Crippen LogP contribution is -2.47. The van der Waals surface area contributed by atoms with Crippen LogP contribution in [0.25, 0.3) is 0 Å². The van der Waals surface area contributed by atoms with Gasteiger partial charge < -0.3 is 14.5 Å². The average molecular weight is 284 g/mol. The molecule has 1 aliphatic rings. The van der Waals surface area contributed by atoms with Crippen LogP contribution in [-0.4, -0.2) is 51.1 Å². The van der Waals surface area contributed by atoms with E-state index in [0.717, 1.165) is 5.75 Å². The maximum Gasteiger partial charge on any atom is 0.305 e. The molecule has 6 nitrogen and oxygen atoms in total. The van der Waals surface area contributed by atoms with E-state index in [2.05, 4.69) is 5.16 Å². The van der Waals surface area contributed by atoms with Crippen molar-refractivity contribution >= 4 is 23.6 Å². The van der Waals surface area contributed by atoms with Crippen LogP contribution in [0.2, 0.25) is 0 Å². The van der Waals surface area contributed by atoms with Gasteiger partial charge in [0.05, 0.1) is 18.2 Å². The minimum absolute atomic E-state index is 0.0257. The fourth-order valence-corrected chi connectivity index (χ4v) is 3.29. The summed E-state index contributed by atoms with van der Waals surface area (Å²) in [5.41, 5.74) is 1.01. The number of aromatic nitrogens is 1. The van der Waals surface area contributed by atoms with Gasteiger partial charge in [-0.25, -0.2) is 0 Å². The third-order valence-electron chi connectivity index (χ3n) is 3.15. The van der Waals surface area contributed by atoms with Crippen molar-refractivity contribution in [2.75, 3.05) is 18.1 Å². The number of amides is 1. The summed E-state index contributed by atoms with van der Waals surface area (Å²) in [5, 5.41) is 12.7. The molecule has 1 unspecified atom stereocenters. The number of carboxylic acids is 1. The molecule has 2 rings (SSSR count). The number of hydrogen-bond donors (Lipinski definition) is 1. The molecular formula is C12H16N2O4S. The molecule has 1 aromatic heterocycles. The second kappa shape index (κ2) is 5.64. The van der Waals surface area contributed by atoms with Crippen LogP contribution in [0.1, 0.15) is 28.2 Å². The summed E-state index contributed by atoms with van der Waals surface area (Å²) in [6.45, 7) is 3.97. The summed E-state index contributed by atoms with van der Waals surface area (Å²) in [4.78, 5) is 25.0. The molecule has 1 fully saturated rings. The van der Waals surface area contributed by atoms with Gasteiger partial charge in [0.1, 0.15) is 11.3 Å². The van der Waals surface area contributed by atoms with Crippen molar-refractivity contribution in [3.8, 4) is 0 Å². The van der Waals surface area contributed by atoms with E-state index in [0.29, 0.717) is 29.3 Å². The Kier molecular flexibility index (Phi) is 4.14. The van der Waals surface area contributed by atoms with Gasteiger partial charge in [0, 0.05) is 18.1 Å². The van der Waals surface area contributed by atoms with E-state index in [1.165, 1.54) is 0 Å². The molecule has 2 heterocycles. The fourth-order valence-electron chi connectivity index (χ4n) is 2.22. The zero-order chi connectivity index (χ0) is 14.0. The zero-order valence-corrected chi connectivity index (χ0v) is 11.7. The summed E-state index contributed by atoms with van der Waals surface area (Å²) in [5.74, 6) is 0.897. The van der Waals surface area contributed by atoms with Crippen LogP contribution in [-0.2, 0) is 4.79 Å². The van der Waals surface area contributed by atoms with Crippen molar-refractivity contribution in [2.45, 2.75) is 26.3 Å². The number of carboxylic acid groups (broad SMARTS) is 1. The second-order valence-corrected chi connectivity index (χ2v) is 5.67. The van der Waals surface area contributed by atoms with Crippen LogP contribution in [0.5, 0.6) is 0 Å². The van der Waals surface area contributed by atoms with E-state index in [1.54, 1.807) is 30.5 Å². The molecule has 1 aliphatic heterocycles. The highest BCUT2D eigenvalue weighted by Gasteiger charge is 2.32. The molecule has 0 saturated carbocycles. The Balaban J connectivity index is 2.22. The predicted molar refractivity (Wildman–Crippen MR) is 70.4 cm³/mol. The molecule has 1 atom stereocenters. The number of thioether (sulfide) groups is 1. The van der Waals surface area contributed by atoms with Crippen LogP contribution in [0.3, 0.4) is 0 Å². The summed E-state index contributed by atoms with van der Waals surface area (Å²) >= 11 is 1.68. The number of rotatable bonds is 3. The van der Waals surface area contributed by atoms with Gasteiger partial charge in [0.25, 0.3) is 5.91 Å². The number of hydrogen-bond acceptors (Lipinski definition) is 5. The first-order valence-corrected chi connectivity index (χ1v) is 7.19. The van der Waals surface area contributed by atoms with Gasteiger partial charge >= 0.3 is 5.97 Å². The lowest BCUT2D eigenvalue weighted by molar-refractivity contribution is -0.138. The van der Waals surface area contributed by atoms with Gasteiger partial charge in [-0.1, -0.05) is 5.16 Å². The highest BCUT2D eigenvalue weighted by atomic mass is 32.2. The first-order valence-electron chi connectivity index (χ1n) is 6.04. The quantitative estimate of drug-likeness (QED) is 0.901. The van der Waals surface area contributed by atoms with Gasteiger partial charge in [-0.3, -0.25) is 9.59 Å². The van der Waals surface area contributed by atoms with Crippen LogP contribution >= 0.6 is 11.8 Å². The third-order valence-corrected chi connectivity index (χ3v) is 4.24. The Morgan fingerprint density at radius 3 is 2.84 bits per heavy atom. The van der Waals surface area contributed by atoms with Crippen LogP contribution in [0, 0.1) is 13.8 Å². The van der Waals surface area contributed by atoms with Crippen LogP contribution in [0.15, 0.2) is 4.52 Å². The molecule has 0 aromatic carbocycles. The van der Waals surface area contributed by atoms with Crippen molar-refractivity contribution < 1.29 is 19.2 Å². The molecule has 1 amide bonds. The zero-order valence-electron chi connectivity index (χ0n) is 10.9. The molecule has 1 saturated heterocycles. The Hall–Kier alpha value is -1.50. The Morgan fingerprint density at radius 2 is 2.26 bits per heavy atom. The predicted octanol–water partition coefficient (Wildman–Crippen LogP) is 1.32. The average Bonchev–Trinajstić information content (AvgIpc) is 2.68. The SMILES string of the molecule is Cc1noc(C)c1C(=O)N1CCSCC1CC(=O)O. The number of aryl methyl sites for hydroxylation is 2. The molecule has 0 bridgehead atoms. The number of nitrogens with zero attached hydrogens (tertiary/aromatic N) is 2. The molecule has 104 valence electrons. The first-order chi connectivity index (χ1) is 9.00. The lowest BCUT2D eigenvalue weighted by atomic mass is 10.1. The molecule has 7 heteroatoms. The maximum absolute atomic E-state index is 12.5. The van der Waals surface area contributed by atoms with E-state index >= 15 is 0 Å². The molecule has 1 N–H and O–H groups in total. The highest BCUT2D eigenvalue weighted by Crippen LogP contribution is 2.23. The topological polar surface area (TPSA) is 83.6 Å². The molecule has 0 radical (unpaired) electrons. The summed E-state index contributed by atoms with van der Waals surface area (Å²) in [6.07, 6.45) is -0.0257. The summed E-state index contributed by atoms with van der Waals surface area (Å²) in [7, 11) is 0. The second-order valence-electron chi connectivity index (χ2n) is 4.52. The van der Waals surface area contributed by atoms with Gasteiger partial charge in [0.15, 0.2) is 0 Å². The smallest absolute Gasteiger partial charge is 0.305 e. The van der Waals surface area contributed by atoms with E-state index in [4.69, 9.17) is 9.63 Å². The fraction of sp³-hybridized carbons (Fsp3) is 0.583. The van der Waals surface area contributed by atoms with Gasteiger partial charge in [-0.05, 0) is 13.8 Å². The molecule has 0 aliphatic carbocycles. The largest absolute Gasteiger partial charge is 0.481 e. The Morgan fingerprint density at radius 1 is 1.53 bits per heavy atom. The maximum atomic E-state index is 12.5. The molecule has 19 heavy (non-hydrogen) atoms. The lowest BCUT2D eigenvalue weighted by Gasteiger charge is -2.34. The van der Waals surface area contributed by atoms with E-state index in [1.807, 2.05) is 0 Å². The molecule has 0 spiro atoms. The van der Waals surface area contributed by atoms with Crippen molar-refractivity contribution in [3.63, 3.8) is 0 Å². The van der Waals surface area contributed by atoms with Gasteiger partial charge in [-0.15, -0.1) is 0 Å². The van der Waals surface area contributed by atoms with E-state index in [9.17, 15) is 9.59 Å². The van der Waals surface area contributed by atoms with Crippen LogP contribution in [0.4, 0.5) is 0 Å². The highest BCUT2D eigenvalue weighted by molar-refractivity contribution is 7.99. The van der Waals surface area contributed by atoms with Crippen molar-refractivity contribution in [1.82, 2.24) is 10.1 Å². The third kappa shape index (κ3) is 2.91. The first kappa shape index (κ1) is 13.9. The standard InChI is InChI=1S/C12H16N2O4S/c1-7-11(8(2)18-13-7)12(17)14-3-4-19-6-9(14)5-10(15)16/h9H,3-6H2,1-2H3,(H,15,16). The normalized spacial score (nSPS) is 19.5. The minimum atomic E-state index is -0.885. The van der Waals surface area contributed by atoms with Gasteiger partial charge in [-0.2, -0.15) is 11.8 Å². The monoisotopic (exact) mass is 284 g/mol. The molecule has 1 aromatic rings. The summed E-state index contributed by atoms with van der Waals surface area (Å²) in [6, 6.07) is -0.266. The van der Waals surface area contributed by atoms with Crippen molar-refractivity contribution in [3.05, 3.63) is 17.0 Å². The minimum Gasteiger partial charge on any atom is -0.481 e.